The number of amides is 2. The Morgan fingerprint density at radius 3 is 2.83 bits per heavy atom. The number of nitrogens with one attached hydrogen (secondary N) is 1. The first-order valence-electron chi connectivity index (χ1n) is 5.02. The quantitative estimate of drug-likeness (QED) is 0.814. The van der Waals surface area contributed by atoms with Crippen molar-refractivity contribution >= 4 is 33.6 Å². The molecule has 1 rings (SSSR count). The Balaban J connectivity index is 2.71. The van der Waals surface area contributed by atoms with Crippen LogP contribution >= 0.6 is 15.9 Å². The van der Waals surface area contributed by atoms with E-state index in [-0.39, 0.29) is 13.1 Å². The number of hydrogen-bond donors (Lipinski definition) is 2. The molecule has 0 saturated heterocycles. The third-order valence-electron chi connectivity index (χ3n) is 1.92. The second kappa shape index (κ2) is 6.75. The SMILES string of the molecule is C=CCN(CC(=O)O)C(=O)Nc1cncc(Br)c1. The van der Waals surface area contributed by atoms with Gasteiger partial charge in [-0.1, -0.05) is 6.08 Å². The molecule has 1 aromatic heterocycles. The maximum Gasteiger partial charge on any atom is 0.323 e. The standard InChI is InChI=1S/C11H12BrN3O3/c1-2-3-15(7-10(16)17)11(18)14-9-4-8(12)5-13-6-9/h2,4-6H,1,3,7H2,(H,14,18)(H,16,17). The van der Waals surface area contributed by atoms with Crippen LogP contribution in [0.2, 0.25) is 0 Å². The minimum absolute atomic E-state index is 0.152. The van der Waals surface area contributed by atoms with Crippen LogP contribution in [0.25, 0.3) is 0 Å². The molecule has 1 aromatic rings. The molecule has 6 nitrogen and oxygen atoms in total. The van der Waals surface area contributed by atoms with Crippen LogP contribution in [-0.4, -0.2) is 40.1 Å². The fourth-order valence-electron chi connectivity index (χ4n) is 1.22. The highest BCUT2D eigenvalue weighted by Crippen LogP contribution is 2.14. The van der Waals surface area contributed by atoms with Crippen molar-refractivity contribution in [2.24, 2.45) is 0 Å². The second-order valence-electron chi connectivity index (χ2n) is 3.38. The normalized spacial score (nSPS) is 9.61. The number of carbonyl (C=O) groups excluding carboxylic acids is 1. The predicted octanol–water partition coefficient (Wildman–Crippen LogP) is 1.95. The Bertz CT molecular complexity index is 465. The van der Waals surface area contributed by atoms with Gasteiger partial charge in [-0.2, -0.15) is 0 Å². The monoisotopic (exact) mass is 313 g/mol. The minimum Gasteiger partial charge on any atom is -0.480 e. The van der Waals surface area contributed by atoms with Crippen molar-refractivity contribution in [3.05, 3.63) is 35.6 Å². The fraction of sp³-hybridized carbons (Fsp3) is 0.182. The molecule has 0 aliphatic rings. The zero-order valence-corrected chi connectivity index (χ0v) is 11.1. The maximum atomic E-state index is 11.8. The summed E-state index contributed by atoms with van der Waals surface area (Å²) in [7, 11) is 0. The van der Waals surface area contributed by atoms with Crippen LogP contribution in [0.15, 0.2) is 35.6 Å². The summed E-state index contributed by atoms with van der Waals surface area (Å²) in [5.74, 6) is -1.08. The molecular weight excluding hydrogens is 302 g/mol. The number of aromatic nitrogens is 1. The van der Waals surface area contributed by atoms with E-state index in [1.165, 1.54) is 12.3 Å². The molecule has 0 aliphatic heterocycles. The second-order valence-corrected chi connectivity index (χ2v) is 4.30. The zero-order chi connectivity index (χ0) is 13.5. The number of hydrogen-bond acceptors (Lipinski definition) is 3. The summed E-state index contributed by atoms with van der Waals surface area (Å²) in [4.78, 5) is 27.4. The lowest BCUT2D eigenvalue weighted by Gasteiger charge is -2.19. The summed E-state index contributed by atoms with van der Waals surface area (Å²) in [6.45, 7) is 3.24. The van der Waals surface area contributed by atoms with E-state index in [4.69, 9.17) is 5.11 Å². The van der Waals surface area contributed by atoms with Gasteiger partial charge in [0.05, 0.1) is 11.9 Å². The zero-order valence-electron chi connectivity index (χ0n) is 9.47. The molecule has 0 aliphatic carbocycles. The highest BCUT2D eigenvalue weighted by molar-refractivity contribution is 9.10. The van der Waals surface area contributed by atoms with Gasteiger partial charge in [-0.15, -0.1) is 6.58 Å². The van der Waals surface area contributed by atoms with Crippen LogP contribution in [0.3, 0.4) is 0 Å². The number of rotatable bonds is 5. The molecule has 0 fully saturated rings. The van der Waals surface area contributed by atoms with Crippen molar-refractivity contribution < 1.29 is 14.7 Å². The van der Waals surface area contributed by atoms with Crippen LogP contribution in [0, 0.1) is 0 Å². The number of carboxylic acids is 1. The van der Waals surface area contributed by atoms with Gasteiger partial charge >= 0.3 is 12.0 Å². The lowest BCUT2D eigenvalue weighted by atomic mass is 10.4. The smallest absolute Gasteiger partial charge is 0.323 e. The molecule has 0 unspecified atom stereocenters. The molecule has 0 radical (unpaired) electrons. The Labute approximate surface area is 112 Å². The van der Waals surface area contributed by atoms with Gasteiger partial charge in [0.1, 0.15) is 6.54 Å². The highest BCUT2D eigenvalue weighted by atomic mass is 79.9. The highest BCUT2D eigenvalue weighted by Gasteiger charge is 2.15. The van der Waals surface area contributed by atoms with Gasteiger partial charge in [-0.05, 0) is 22.0 Å². The summed E-state index contributed by atoms with van der Waals surface area (Å²) >= 11 is 3.22. The van der Waals surface area contributed by atoms with Crippen molar-refractivity contribution in [1.29, 1.82) is 0 Å². The third-order valence-corrected chi connectivity index (χ3v) is 2.35. The van der Waals surface area contributed by atoms with Crippen molar-refractivity contribution in [2.45, 2.75) is 0 Å². The summed E-state index contributed by atoms with van der Waals surface area (Å²) in [6, 6.07) is 1.15. The van der Waals surface area contributed by atoms with Gasteiger partial charge in [0.2, 0.25) is 0 Å². The number of carbonyl (C=O) groups is 2. The number of carboxylic acid groups (broad SMARTS) is 1. The topological polar surface area (TPSA) is 82.5 Å². The van der Waals surface area contributed by atoms with Gasteiger partial charge in [-0.25, -0.2) is 4.79 Å². The molecule has 0 saturated carbocycles. The molecule has 2 N–H and O–H groups in total. The largest absolute Gasteiger partial charge is 0.480 e. The third kappa shape index (κ3) is 4.54. The molecule has 0 spiro atoms. The van der Waals surface area contributed by atoms with E-state index in [9.17, 15) is 9.59 Å². The van der Waals surface area contributed by atoms with Crippen molar-refractivity contribution in [3.8, 4) is 0 Å². The fourth-order valence-corrected chi connectivity index (χ4v) is 1.59. The number of halogens is 1. The van der Waals surface area contributed by atoms with Gasteiger partial charge in [-0.3, -0.25) is 9.78 Å². The predicted molar refractivity (Wildman–Crippen MR) is 70.4 cm³/mol. The van der Waals surface area contributed by atoms with Crippen LogP contribution in [-0.2, 0) is 4.79 Å². The van der Waals surface area contributed by atoms with E-state index in [0.29, 0.717) is 10.2 Å². The van der Waals surface area contributed by atoms with E-state index in [1.807, 2.05) is 0 Å². The first kappa shape index (κ1) is 14.2. The summed E-state index contributed by atoms with van der Waals surface area (Å²) in [5, 5.41) is 11.3. The molecule has 96 valence electrons. The first-order valence-corrected chi connectivity index (χ1v) is 5.81. The Morgan fingerprint density at radius 2 is 2.28 bits per heavy atom. The Kier molecular flexibility index (Phi) is 5.31. The van der Waals surface area contributed by atoms with E-state index in [1.54, 1.807) is 12.3 Å². The van der Waals surface area contributed by atoms with Gasteiger partial charge in [0.25, 0.3) is 0 Å². The average molecular weight is 314 g/mol. The molecule has 0 bridgehead atoms. The van der Waals surface area contributed by atoms with Crippen molar-refractivity contribution in [2.75, 3.05) is 18.4 Å². The van der Waals surface area contributed by atoms with E-state index in [0.717, 1.165) is 4.90 Å². The van der Waals surface area contributed by atoms with Gasteiger partial charge < -0.3 is 15.3 Å². The van der Waals surface area contributed by atoms with Gasteiger partial charge in [0, 0.05) is 17.2 Å². The maximum absolute atomic E-state index is 11.8. The lowest BCUT2D eigenvalue weighted by Crippen LogP contribution is -2.38. The van der Waals surface area contributed by atoms with E-state index in [2.05, 4.69) is 32.8 Å². The van der Waals surface area contributed by atoms with Crippen LogP contribution < -0.4 is 5.32 Å². The molecule has 18 heavy (non-hydrogen) atoms. The summed E-state index contributed by atoms with van der Waals surface area (Å²) in [5.41, 5.74) is 0.480. The van der Waals surface area contributed by atoms with Crippen molar-refractivity contribution in [3.63, 3.8) is 0 Å². The van der Waals surface area contributed by atoms with Crippen LogP contribution in [0.4, 0.5) is 10.5 Å². The molecule has 7 heteroatoms. The van der Waals surface area contributed by atoms with E-state index >= 15 is 0 Å². The molecular formula is C11H12BrN3O3. The van der Waals surface area contributed by atoms with Crippen LogP contribution in [0.5, 0.6) is 0 Å². The number of anilines is 1. The summed E-state index contributed by atoms with van der Waals surface area (Å²) in [6.07, 6.45) is 4.51. The first-order chi connectivity index (χ1) is 8.52. The van der Waals surface area contributed by atoms with E-state index < -0.39 is 12.0 Å². The average Bonchev–Trinajstić information content (AvgIpc) is 2.27. The van der Waals surface area contributed by atoms with Gasteiger partial charge in [0.15, 0.2) is 0 Å². The number of urea groups is 1. The number of pyridine rings is 1. The minimum atomic E-state index is -1.08. The lowest BCUT2D eigenvalue weighted by molar-refractivity contribution is -0.137. The molecule has 2 amide bonds. The Hall–Kier alpha value is -1.89. The number of aliphatic carboxylic acids is 1. The molecule has 0 atom stereocenters. The molecule has 0 aromatic carbocycles. The Morgan fingerprint density at radius 1 is 1.56 bits per heavy atom. The van der Waals surface area contributed by atoms with Crippen LogP contribution in [0.1, 0.15) is 0 Å². The summed E-state index contributed by atoms with van der Waals surface area (Å²) < 4.78 is 0.716. The molecule has 1 heterocycles. The van der Waals surface area contributed by atoms with Crippen molar-refractivity contribution in [1.82, 2.24) is 9.88 Å². The number of nitrogens with zero attached hydrogens (tertiary/aromatic N) is 2.